The van der Waals surface area contributed by atoms with Gasteiger partial charge in [-0.05, 0) is 73.0 Å². The van der Waals surface area contributed by atoms with E-state index in [0.717, 1.165) is 29.8 Å². The van der Waals surface area contributed by atoms with E-state index < -0.39 is 17.6 Å². The number of halogens is 4. The quantitative estimate of drug-likeness (QED) is 0.150. The van der Waals surface area contributed by atoms with Crippen LogP contribution in [0.1, 0.15) is 50.7 Å². The highest BCUT2D eigenvalue weighted by atomic mass is 32.2. The normalized spacial score (nSPS) is 15.5. The van der Waals surface area contributed by atoms with Crippen LogP contribution in [0, 0.1) is 5.82 Å². The lowest BCUT2D eigenvalue weighted by molar-refractivity contribution is -0.137. The topological polar surface area (TPSA) is 70.7 Å². The molecule has 1 fully saturated rings. The number of alkyl halides is 3. The van der Waals surface area contributed by atoms with E-state index in [1.807, 2.05) is 29.7 Å². The van der Waals surface area contributed by atoms with Crippen LogP contribution in [-0.4, -0.2) is 54.7 Å². The number of piperidine rings is 1. The average molecular weight is 653 g/mol. The zero-order valence-corrected chi connectivity index (χ0v) is 26.5. The number of fused-ring (bicyclic) bond motifs is 2. The molecule has 0 radical (unpaired) electrons. The highest BCUT2D eigenvalue weighted by molar-refractivity contribution is 7.99. The highest BCUT2D eigenvalue weighted by Crippen LogP contribution is 2.42. The molecule has 0 bridgehead atoms. The van der Waals surface area contributed by atoms with Crippen LogP contribution in [0.15, 0.2) is 65.1 Å². The fourth-order valence-corrected chi connectivity index (χ4v) is 6.67. The van der Waals surface area contributed by atoms with Gasteiger partial charge >= 0.3 is 6.18 Å². The molecule has 46 heavy (non-hydrogen) atoms. The lowest BCUT2D eigenvalue weighted by Gasteiger charge is -2.35. The Labute approximate surface area is 267 Å². The molecule has 1 N–H and O–H groups in total. The van der Waals surface area contributed by atoms with Gasteiger partial charge in [-0.1, -0.05) is 11.9 Å². The van der Waals surface area contributed by atoms with Crippen molar-refractivity contribution in [2.75, 3.05) is 37.7 Å². The summed E-state index contributed by atoms with van der Waals surface area (Å²) in [4.78, 5) is 28.8. The molecule has 0 spiro atoms. The molecule has 5 aromatic rings. The number of amides is 2. The van der Waals surface area contributed by atoms with Gasteiger partial charge in [-0.3, -0.25) is 9.59 Å². The third-order valence-electron chi connectivity index (χ3n) is 8.75. The number of aryl methyl sites for hydroxylation is 1. The van der Waals surface area contributed by atoms with Gasteiger partial charge in [0.15, 0.2) is 0 Å². The second-order valence-corrected chi connectivity index (χ2v) is 12.3. The first-order valence-corrected chi connectivity index (χ1v) is 15.9. The molecule has 7 nitrogen and oxygen atoms in total. The summed E-state index contributed by atoms with van der Waals surface area (Å²) in [7, 11) is 5.14. The van der Waals surface area contributed by atoms with Gasteiger partial charge in [-0.15, -0.1) is 0 Å². The van der Waals surface area contributed by atoms with Gasteiger partial charge in [0.1, 0.15) is 22.9 Å². The van der Waals surface area contributed by atoms with Gasteiger partial charge in [-0.25, -0.2) is 4.39 Å². The van der Waals surface area contributed by atoms with Gasteiger partial charge in [0, 0.05) is 74.3 Å². The third kappa shape index (κ3) is 5.59. The first-order valence-electron chi connectivity index (χ1n) is 14.7. The Morgan fingerprint density at radius 2 is 1.80 bits per heavy atom. The molecule has 2 amide bonds. The summed E-state index contributed by atoms with van der Waals surface area (Å²) in [6.07, 6.45) is -1.04. The van der Waals surface area contributed by atoms with Crippen LogP contribution in [0.3, 0.4) is 0 Å². The minimum Gasteiger partial charge on any atom is -0.455 e. The molecule has 3 aromatic carbocycles. The van der Waals surface area contributed by atoms with Crippen molar-refractivity contribution < 1.29 is 31.6 Å². The fourth-order valence-electron chi connectivity index (χ4n) is 6.31. The molecule has 6 rings (SSSR count). The number of anilines is 1. The van der Waals surface area contributed by atoms with E-state index >= 15 is 0 Å². The predicted octanol–water partition coefficient (Wildman–Crippen LogP) is 7.84. The van der Waals surface area contributed by atoms with Gasteiger partial charge in [0.05, 0.1) is 16.8 Å². The number of furan rings is 1. The maximum absolute atomic E-state index is 13.9. The van der Waals surface area contributed by atoms with Crippen LogP contribution >= 0.6 is 11.9 Å². The lowest BCUT2D eigenvalue weighted by Crippen LogP contribution is -2.40. The minimum atomic E-state index is -4.48. The SMILES string of the molecule is CNC(=O)c1c(-c2ccc(F)cc2)oc2cc(N(C)SC)c(C3CCCN(C(=O)c4cc5cc(C(F)(F)F)ccc5n4C)C3)cc12. The summed E-state index contributed by atoms with van der Waals surface area (Å²) in [6, 6.07) is 14.6. The maximum Gasteiger partial charge on any atom is 0.416 e. The Hall–Kier alpha value is -4.45. The number of nitrogens with one attached hydrogen (secondary N) is 1. The van der Waals surface area contributed by atoms with Crippen LogP contribution in [0.5, 0.6) is 0 Å². The molecule has 0 saturated carbocycles. The molecule has 1 aliphatic heterocycles. The monoisotopic (exact) mass is 652 g/mol. The number of carbonyl (C=O) groups excluding carboxylic acids is 2. The molecular formula is C34H32F4N4O3S. The largest absolute Gasteiger partial charge is 0.455 e. The minimum absolute atomic E-state index is 0.0973. The second kappa shape index (κ2) is 12.1. The molecule has 1 saturated heterocycles. The van der Waals surface area contributed by atoms with Gasteiger partial charge in [0.25, 0.3) is 11.8 Å². The zero-order chi connectivity index (χ0) is 32.9. The van der Waals surface area contributed by atoms with Crippen molar-refractivity contribution in [2.45, 2.75) is 24.9 Å². The number of carbonyl (C=O) groups is 2. The third-order valence-corrected chi connectivity index (χ3v) is 9.49. The van der Waals surface area contributed by atoms with Crippen LogP contribution in [0.25, 0.3) is 33.2 Å². The molecule has 2 aromatic heterocycles. The van der Waals surface area contributed by atoms with Crippen molar-refractivity contribution in [2.24, 2.45) is 7.05 Å². The van der Waals surface area contributed by atoms with E-state index in [2.05, 4.69) is 5.32 Å². The number of rotatable bonds is 6. The number of hydrogen-bond donors (Lipinski definition) is 1. The molecule has 0 aliphatic carbocycles. The molecule has 240 valence electrons. The number of aromatic nitrogens is 1. The summed E-state index contributed by atoms with van der Waals surface area (Å²) < 4.78 is 63.7. The Balaban J connectivity index is 1.40. The number of benzene rings is 3. The van der Waals surface area contributed by atoms with E-state index in [4.69, 9.17) is 4.42 Å². The summed E-state index contributed by atoms with van der Waals surface area (Å²) in [6.45, 7) is 0.886. The first kappa shape index (κ1) is 31.5. The van der Waals surface area contributed by atoms with E-state index in [1.165, 1.54) is 43.3 Å². The maximum atomic E-state index is 13.9. The van der Waals surface area contributed by atoms with Crippen LogP contribution in [0.2, 0.25) is 0 Å². The van der Waals surface area contributed by atoms with Crippen molar-refractivity contribution in [3.63, 3.8) is 0 Å². The number of hydrogen-bond acceptors (Lipinski definition) is 5. The second-order valence-electron chi connectivity index (χ2n) is 11.4. The average Bonchev–Trinajstić information content (AvgIpc) is 3.60. The van der Waals surface area contributed by atoms with Crippen LogP contribution in [0.4, 0.5) is 23.2 Å². The zero-order valence-electron chi connectivity index (χ0n) is 25.7. The summed E-state index contributed by atoms with van der Waals surface area (Å²) in [5.74, 6) is -0.779. The molecule has 1 aliphatic rings. The van der Waals surface area contributed by atoms with E-state index in [0.29, 0.717) is 64.0 Å². The van der Waals surface area contributed by atoms with Crippen LogP contribution < -0.4 is 9.62 Å². The van der Waals surface area contributed by atoms with Gasteiger partial charge < -0.3 is 23.5 Å². The highest BCUT2D eigenvalue weighted by Gasteiger charge is 2.33. The smallest absolute Gasteiger partial charge is 0.416 e. The molecule has 3 heterocycles. The van der Waals surface area contributed by atoms with Crippen molar-refractivity contribution in [1.82, 2.24) is 14.8 Å². The van der Waals surface area contributed by atoms with E-state index in [9.17, 15) is 27.2 Å². The van der Waals surface area contributed by atoms with Gasteiger partial charge in [0.2, 0.25) is 0 Å². The van der Waals surface area contributed by atoms with Crippen molar-refractivity contribution >= 4 is 51.3 Å². The standard InChI is InChI=1S/C34H32F4N4O3S/c1-39-32(43)30-25-16-24(27(41(3)46-4)17-29(25)45-31(30)19-7-10-23(35)11-8-19)20-6-5-13-42(18-20)33(44)28-15-21-14-22(34(36,37)38)9-12-26(21)40(28)2/h7-12,14-17,20H,5-6,13,18H2,1-4H3,(H,39,43). The fraction of sp³-hybridized carbons (Fsp3) is 0.294. The van der Waals surface area contributed by atoms with Crippen molar-refractivity contribution in [3.05, 3.63) is 88.9 Å². The predicted molar refractivity (Wildman–Crippen MR) is 173 cm³/mol. The Kier molecular flexibility index (Phi) is 8.26. The lowest BCUT2D eigenvalue weighted by atomic mass is 9.88. The van der Waals surface area contributed by atoms with Crippen molar-refractivity contribution in [3.8, 4) is 11.3 Å². The first-order chi connectivity index (χ1) is 21.9. The molecular weight excluding hydrogens is 620 g/mol. The Morgan fingerprint density at radius 3 is 2.48 bits per heavy atom. The molecule has 1 unspecified atom stereocenters. The number of nitrogens with zero attached hydrogens (tertiary/aromatic N) is 3. The summed E-state index contributed by atoms with van der Waals surface area (Å²) in [5, 5.41) is 3.64. The summed E-state index contributed by atoms with van der Waals surface area (Å²) >= 11 is 1.50. The van der Waals surface area contributed by atoms with E-state index in [-0.39, 0.29) is 17.7 Å². The Morgan fingerprint density at radius 1 is 1.07 bits per heavy atom. The van der Waals surface area contributed by atoms with Gasteiger partial charge in [-0.2, -0.15) is 13.2 Å². The van der Waals surface area contributed by atoms with E-state index in [1.54, 1.807) is 28.6 Å². The number of likely N-dealkylation sites (tertiary alicyclic amines) is 1. The Bertz CT molecular complexity index is 1970. The van der Waals surface area contributed by atoms with Crippen molar-refractivity contribution in [1.29, 1.82) is 0 Å². The summed E-state index contributed by atoms with van der Waals surface area (Å²) in [5.41, 5.74) is 3.28. The molecule has 1 atom stereocenters. The molecule has 12 heteroatoms. The van der Waals surface area contributed by atoms with Crippen LogP contribution in [-0.2, 0) is 13.2 Å².